The Morgan fingerprint density at radius 2 is 1.95 bits per heavy atom. The van der Waals surface area contributed by atoms with E-state index in [2.05, 4.69) is 15.5 Å². The van der Waals surface area contributed by atoms with E-state index in [9.17, 15) is 9.18 Å². The lowest BCUT2D eigenvalue weighted by atomic mass is 10.1. The van der Waals surface area contributed by atoms with Gasteiger partial charge in [-0.25, -0.2) is 9.82 Å². The second-order valence-electron chi connectivity index (χ2n) is 4.22. The van der Waals surface area contributed by atoms with Crippen molar-refractivity contribution >= 4 is 11.6 Å². The fourth-order valence-corrected chi connectivity index (χ4v) is 1.66. The quantitative estimate of drug-likeness (QED) is 0.693. The lowest BCUT2D eigenvalue weighted by molar-refractivity contribution is 0.0954. The first-order valence-electron chi connectivity index (χ1n) is 6.20. The molecule has 0 radical (unpaired) electrons. The first kappa shape index (κ1) is 14.6. The fraction of sp³-hybridized carbons (Fsp3) is 0.133. The number of methoxy groups -OCH3 is 1. The molecule has 1 aromatic carbocycles. The van der Waals surface area contributed by atoms with Crippen LogP contribution in [0.3, 0.4) is 0 Å². The Hall–Kier alpha value is -2.76. The smallest absolute Gasteiger partial charge is 0.271 e. The third kappa shape index (κ3) is 3.62. The van der Waals surface area contributed by atoms with Crippen LogP contribution in [0, 0.1) is 5.82 Å². The van der Waals surface area contributed by atoms with Crippen molar-refractivity contribution in [3.05, 3.63) is 59.7 Å². The first-order chi connectivity index (χ1) is 10.1. The van der Waals surface area contributed by atoms with Crippen molar-refractivity contribution in [1.29, 1.82) is 0 Å². The Morgan fingerprint density at radius 1 is 1.24 bits per heavy atom. The number of nitrogens with zero attached hydrogens (tertiary/aromatic N) is 2. The Labute approximate surface area is 121 Å². The summed E-state index contributed by atoms with van der Waals surface area (Å²) >= 11 is 0. The monoisotopic (exact) mass is 287 g/mol. The highest BCUT2D eigenvalue weighted by molar-refractivity contribution is 6.00. The van der Waals surface area contributed by atoms with E-state index in [4.69, 9.17) is 4.74 Å². The zero-order valence-corrected chi connectivity index (χ0v) is 11.6. The number of hydrogen-bond acceptors (Lipinski definition) is 4. The van der Waals surface area contributed by atoms with Crippen molar-refractivity contribution in [2.75, 3.05) is 7.11 Å². The number of hydrogen-bond donors (Lipinski definition) is 1. The van der Waals surface area contributed by atoms with E-state index in [-0.39, 0.29) is 11.7 Å². The second kappa shape index (κ2) is 6.60. The van der Waals surface area contributed by atoms with E-state index >= 15 is 0 Å². The zero-order valence-electron chi connectivity index (χ0n) is 11.6. The van der Waals surface area contributed by atoms with Crippen LogP contribution in [0.4, 0.5) is 4.39 Å². The normalized spacial score (nSPS) is 11.1. The number of halogens is 1. The molecule has 1 amide bonds. The SMILES string of the molecule is COc1ccc(/C(C)=N/NC(=O)c2ccncc2)cc1F. The molecule has 21 heavy (non-hydrogen) atoms. The summed E-state index contributed by atoms with van der Waals surface area (Å²) in [6.07, 6.45) is 3.04. The van der Waals surface area contributed by atoms with Crippen LogP contribution < -0.4 is 10.2 Å². The summed E-state index contributed by atoms with van der Waals surface area (Å²) in [7, 11) is 1.40. The molecule has 5 nitrogen and oxygen atoms in total. The summed E-state index contributed by atoms with van der Waals surface area (Å²) in [5.74, 6) is -0.678. The van der Waals surface area contributed by atoms with Crippen LogP contribution in [0.15, 0.2) is 47.8 Å². The van der Waals surface area contributed by atoms with Gasteiger partial charge < -0.3 is 4.74 Å². The van der Waals surface area contributed by atoms with E-state index in [1.807, 2.05) is 0 Å². The number of aromatic nitrogens is 1. The number of ether oxygens (including phenoxy) is 1. The largest absolute Gasteiger partial charge is 0.494 e. The van der Waals surface area contributed by atoms with Crippen molar-refractivity contribution in [2.45, 2.75) is 6.92 Å². The molecule has 2 rings (SSSR count). The average molecular weight is 287 g/mol. The Kier molecular flexibility index (Phi) is 4.61. The molecule has 0 saturated carbocycles. The number of amides is 1. The summed E-state index contributed by atoms with van der Waals surface area (Å²) in [6.45, 7) is 1.67. The number of carbonyl (C=O) groups excluding carboxylic acids is 1. The van der Waals surface area contributed by atoms with Crippen LogP contribution in [-0.2, 0) is 0 Å². The standard InChI is InChI=1S/C15H14FN3O2/c1-10(12-3-4-14(21-2)13(16)9-12)18-19-15(20)11-5-7-17-8-6-11/h3-9H,1-2H3,(H,19,20)/b18-10+. The van der Waals surface area contributed by atoms with Gasteiger partial charge in [-0.3, -0.25) is 9.78 Å². The number of hydrazone groups is 1. The minimum Gasteiger partial charge on any atom is -0.494 e. The van der Waals surface area contributed by atoms with Gasteiger partial charge in [-0.1, -0.05) is 0 Å². The molecular weight excluding hydrogens is 273 g/mol. The van der Waals surface area contributed by atoms with Crippen LogP contribution in [-0.4, -0.2) is 23.7 Å². The van der Waals surface area contributed by atoms with Gasteiger partial charge in [0.2, 0.25) is 0 Å². The van der Waals surface area contributed by atoms with Gasteiger partial charge >= 0.3 is 0 Å². The molecule has 0 aliphatic carbocycles. The Morgan fingerprint density at radius 3 is 2.57 bits per heavy atom. The second-order valence-corrected chi connectivity index (χ2v) is 4.22. The molecule has 0 bridgehead atoms. The van der Waals surface area contributed by atoms with E-state index in [1.165, 1.54) is 31.6 Å². The maximum atomic E-state index is 13.6. The molecule has 0 atom stereocenters. The molecule has 0 aliphatic rings. The van der Waals surface area contributed by atoms with Gasteiger partial charge in [-0.15, -0.1) is 0 Å². The number of pyridine rings is 1. The van der Waals surface area contributed by atoms with Crippen molar-refractivity contribution in [1.82, 2.24) is 10.4 Å². The van der Waals surface area contributed by atoms with E-state index in [0.29, 0.717) is 16.8 Å². The van der Waals surface area contributed by atoms with Crippen molar-refractivity contribution in [3.63, 3.8) is 0 Å². The van der Waals surface area contributed by atoms with Crippen LogP contribution in [0.1, 0.15) is 22.8 Å². The summed E-state index contributed by atoms with van der Waals surface area (Å²) < 4.78 is 18.4. The molecule has 0 spiro atoms. The summed E-state index contributed by atoms with van der Waals surface area (Å²) in [5, 5.41) is 3.96. The van der Waals surface area contributed by atoms with E-state index in [1.54, 1.807) is 25.1 Å². The topological polar surface area (TPSA) is 63.6 Å². The Bertz CT molecular complexity index is 672. The van der Waals surface area contributed by atoms with Gasteiger partial charge in [0.15, 0.2) is 11.6 Å². The van der Waals surface area contributed by atoms with Gasteiger partial charge in [-0.2, -0.15) is 5.10 Å². The molecule has 0 fully saturated rings. The lowest BCUT2D eigenvalue weighted by Crippen LogP contribution is -2.19. The van der Waals surface area contributed by atoms with Crippen LogP contribution in [0.5, 0.6) is 5.75 Å². The summed E-state index contributed by atoms with van der Waals surface area (Å²) in [4.78, 5) is 15.6. The molecule has 6 heteroatoms. The van der Waals surface area contributed by atoms with E-state index < -0.39 is 5.82 Å². The minimum absolute atomic E-state index is 0.160. The predicted octanol–water partition coefficient (Wildman–Crippen LogP) is 2.38. The molecule has 0 saturated heterocycles. The van der Waals surface area contributed by atoms with Gasteiger partial charge in [0, 0.05) is 23.5 Å². The van der Waals surface area contributed by atoms with Crippen LogP contribution >= 0.6 is 0 Å². The lowest BCUT2D eigenvalue weighted by Gasteiger charge is -2.05. The predicted molar refractivity (Wildman–Crippen MR) is 76.9 cm³/mol. The minimum atomic E-state index is -0.481. The van der Waals surface area contributed by atoms with Crippen LogP contribution in [0.25, 0.3) is 0 Å². The number of rotatable bonds is 4. The molecule has 2 aromatic rings. The molecule has 0 aliphatic heterocycles. The number of benzene rings is 1. The van der Waals surface area contributed by atoms with E-state index in [0.717, 1.165) is 0 Å². The van der Waals surface area contributed by atoms with Crippen molar-refractivity contribution in [2.24, 2.45) is 5.10 Å². The highest BCUT2D eigenvalue weighted by atomic mass is 19.1. The number of nitrogens with one attached hydrogen (secondary N) is 1. The highest BCUT2D eigenvalue weighted by Gasteiger charge is 2.07. The maximum absolute atomic E-state index is 13.6. The first-order valence-corrected chi connectivity index (χ1v) is 6.20. The molecular formula is C15H14FN3O2. The molecule has 0 unspecified atom stereocenters. The van der Waals surface area contributed by atoms with Gasteiger partial charge in [-0.05, 0) is 37.3 Å². The molecule has 108 valence electrons. The van der Waals surface area contributed by atoms with Gasteiger partial charge in [0.05, 0.1) is 12.8 Å². The molecule has 1 heterocycles. The maximum Gasteiger partial charge on any atom is 0.271 e. The molecule has 1 aromatic heterocycles. The summed E-state index contributed by atoms with van der Waals surface area (Å²) in [5.41, 5.74) is 3.90. The van der Waals surface area contributed by atoms with Gasteiger partial charge in [0.25, 0.3) is 5.91 Å². The highest BCUT2D eigenvalue weighted by Crippen LogP contribution is 2.18. The Balaban J connectivity index is 2.11. The number of carbonyl (C=O) groups is 1. The summed E-state index contributed by atoms with van der Waals surface area (Å²) in [6, 6.07) is 7.63. The third-order valence-electron chi connectivity index (χ3n) is 2.84. The zero-order chi connectivity index (χ0) is 15.2. The van der Waals surface area contributed by atoms with Crippen LogP contribution in [0.2, 0.25) is 0 Å². The van der Waals surface area contributed by atoms with Gasteiger partial charge in [0.1, 0.15) is 0 Å². The van der Waals surface area contributed by atoms with Crippen molar-refractivity contribution < 1.29 is 13.9 Å². The average Bonchev–Trinajstić information content (AvgIpc) is 2.53. The van der Waals surface area contributed by atoms with Crippen molar-refractivity contribution in [3.8, 4) is 5.75 Å². The third-order valence-corrected chi connectivity index (χ3v) is 2.84. The fourth-order valence-electron chi connectivity index (χ4n) is 1.66. The molecule has 1 N–H and O–H groups in total.